The number of carbonyl (C=O) groups excluding carboxylic acids is 1. The Morgan fingerprint density at radius 1 is 1.25 bits per heavy atom. The topological polar surface area (TPSA) is 43.1 Å². The average Bonchev–Trinajstić information content (AvgIpc) is 2.79. The zero-order valence-corrected chi connectivity index (χ0v) is 9.96. The van der Waals surface area contributed by atoms with Crippen molar-refractivity contribution in [3.05, 3.63) is 34.9 Å². The second-order valence-electron chi connectivity index (χ2n) is 4.53. The first-order chi connectivity index (χ1) is 7.68. The van der Waals surface area contributed by atoms with E-state index in [1.54, 1.807) is 24.3 Å². The minimum Gasteiger partial charge on any atom is -0.329 e. The van der Waals surface area contributed by atoms with Gasteiger partial charge < -0.3 is 5.73 Å². The largest absolute Gasteiger partial charge is 0.329 e. The van der Waals surface area contributed by atoms with Crippen LogP contribution in [0.5, 0.6) is 0 Å². The summed E-state index contributed by atoms with van der Waals surface area (Å²) >= 11 is 5.81. The average molecular weight is 238 g/mol. The molecule has 86 valence electrons. The molecule has 2 rings (SSSR count). The molecule has 16 heavy (non-hydrogen) atoms. The maximum atomic E-state index is 12.4. The van der Waals surface area contributed by atoms with Gasteiger partial charge in [-0.05, 0) is 37.1 Å². The minimum atomic E-state index is -0.312. The Hall–Kier alpha value is -0.860. The second-order valence-corrected chi connectivity index (χ2v) is 4.96. The summed E-state index contributed by atoms with van der Waals surface area (Å²) in [6.07, 6.45) is 4.06. The van der Waals surface area contributed by atoms with E-state index in [1.807, 2.05) is 0 Å². The molecular weight excluding hydrogens is 222 g/mol. The molecule has 0 amide bonds. The summed E-state index contributed by atoms with van der Waals surface area (Å²) in [5, 5.41) is 0.657. The lowest BCUT2D eigenvalue weighted by atomic mass is 9.79. The number of halogens is 1. The lowest BCUT2D eigenvalue weighted by Gasteiger charge is -2.25. The van der Waals surface area contributed by atoms with E-state index < -0.39 is 0 Å². The van der Waals surface area contributed by atoms with Gasteiger partial charge in [0.1, 0.15) is 0 Å². The van der Waals surface area contributed by atoms with E-state index in [2.05, 4.69) is 0 Å². The van der Waals surface area contributed by atoms with Crippen LogP contribution < -0.4 is 5.73 Å². The molecular formula is C13H16ClNO. The van der Waals surface area contributed by atoms with Gasteiger partial charge in [0.15, 0.2) is 5.78 Å². The number of Topliss-reactive ketones (excluding diaryl/α,β-unsaturated/α-hetero) is 1. The molecule has 0 saturated heterocycles. The molecule has 0 spiro atoms. The Labute approximate surface area is 101 Å². The first kappa shape index (κ1) is 11.6. The normalized spacial score (nSPS) is 18.6. The van der Waals surface area contributed by atoms with Crippen LogP contribution in [0.3, 0.4) is 0 Å². The molecule has 2 nitrogen and oxygen atoms in total. The number of hydrogen-bond acceptors (Lipinski definition) is 2. The quantitative estimate of drug-likeness (QED) is 0.822. The van der Waals surface area contributed by atoms with Gasteiger partial charge in [0, 0.05) is 22.5 Å². The molecule has 1 aliphatic carbocycles. The van der Waals surface area contributed by atoms with Gasteiger partial charge in [-0.1, -0.05) is 24.4 Å². The van der Waals surface area contributed by atoms with Gasteiger partial charge in [-0.15, -0.1) is 0 Å². The number of benzene rings is 1. The van der Waals surface area contributed by atoms with Crippen molar-refractivity contribution in [2.75, 3.05) is 6.54 Å². The smallest absolute Gasteiger partial charge is 0.170 e. The van der Waals surface area contributed by atoms with Gasteiger partial charge in [-0.2, -0.15) is 0 Å². The Balaban J connectivity index is 2.26. The summed E-state index contributed by atoms with van der Waals surface area (Å²) in [4.78, 5) is 12.4. The van der Waals surface area contributed by atoms with Crippen molar-refractivity contribution >= 4 is 17.4 Å². The minimum absolute atomic E-state index is 0.184. The molecule has 0 bridgehead atoms. The van der Waals surface area contributed by atoms with Gasteiger partial charge in [-0.25, -0.2) is 0 Å². The van der Waals surface area contributed by atoms with Crippen LogP contribution in [-0.4, -0.2) is 12.3 Å². The Kier molecular flexibility index (Phi) is 3.31. The van der Waals surface area contributed by atoms with Crippen molar-refractivity contribution in [1.29, 1.82) is 0 Å². The number of carbonyl (C=O) groups is 1. The van der Waals surface area contributed by atoms with Crippen molar-refractivity contribution in [1.82, 2.24) is 0 Å². The summed E-state index contributed by atoms with van der Waals surface area (Å²) in [7, 11) is 0. The zero-order chi connectivity index (χ0) is 11.6. The van der Waals surface area contributed by atoms with Crippen molar-refractivity contribution in [2.45, 2.75) is 25.7 Å². The van der Waals surface area contributed by atoms with Crippen LogP contribution in [0.1, 0.15) is 36.0 Å². The van der Waals surface area contributed by atoms with Gasteiger partial charge in [-0.3, -0.25) is 4.79 Å². The van der Waals surface area contributed by atoms with Crippen molar-refractivity contribution in [3.63, 3.8) is 0 Å². The van der Waals surface area contributed by atoms with Crippen LogP contribution in [0, 0.1) is 5.41 Å². The van der Waals surface area contributed by atoms with E-state index in [0.717, 1.165) is 31.2 Å². The summed E-state index contributed by atoms with van der Waals surface area (Å²) in [5.74, 6) is 0.184. The fraction of sp³-hybridized carbons (Fsp3) is 0.462. The molecule has 1 aromatic rings. The van der Waals surface area contributed by atoms with E-state index in [4.69, 9.17) is 17.3 Å². The zero-order valence-electron chi connectivity index (χ0n) is 9.21. The third-order valence-electron chi connectivity index (χ3n) is 3.54. The van der Waals surface area contributed by atoms with E-state index in [-0.39, 0.29) is 11.2 Å². The van der Waals surface area contributed by atoms with Crippen molar-refractivity contribution in [3.8, 4) is 0 Å². The molecule has 0 radical (unpaired) electrons. The Morgan fingerprint density at radius 2 is 1.81 bits per heavy atom. The fourth-order valence-corrected chi connectivity index (χ4v) is 2.61. The van der Waals surface area contributed by atoms with Crippen LogP contribution in [-0.2, 0) is 0 Å². The van der Waals surface area contributed by atoms with Gasteiger partial charge in [0.25, 0.3) is 0 Å². The van der Waals surface area contributed by atoms with Crippen molar-refractivity contribution in [2.24, 2.45) is 11.1 Å². The number of hydrogen-bond donors (Lipinski definition) is 1. The van der Waals surface area contributed by atoms with Crippen LogP contribution in [0.2, 0.25) is 5.02 Å². The highest BCUT2D eigenvalue weighted by Crippen LogP contribution is 2.40. The lowest BCUT2D eigenvalue weighted by molar-refractivity contribution is 0.0810. The third-order valence-corrected chi connectivity index (χ3v) is 3.79. The molecule has 1 aromatic carbocycles. The van der Waals surface area contributed by atoms with E-state index >= 15 is 0 Å². The van der Waals surface area contributed by atoms with Crippen LogP contribution in [0.4, 0.5) is 0 Å². The van der Waals surface area contributed by atoms with E-state index in [9.17, 15) is 4.79 Å². The highest BCUT2D eigenvalue weighted by atomic mass is 35.5. The third kappa shape index (κ3) is 2.00. The Bertz CT molecular complexity index is 379. The van der Waals surface area contributed by atoms with Gasteiger partial charge in [0.05, 0.1) is 0 Å². The van der Waals surface area contributed by atoms with Crippen molar-refractivity contribution < 1.29 is 4.79 Å². The standard InChI is InChI=1S/C13H16ClNO/c14-11-5-3-10(4-6-11)12(16)13(9-15)7-1-2-8-13/h3-6H,1-2,7-9,15H2. The van der Waals surface area contributed by atoms with Crippen LogP contribution >= 0.6 is 11.6 Å². The Morgan fingerprint density at radius 3 is 2.31 bits per heavy atom. The summed E-state index contributed by atoms with van der Waals surface area (Å²) < 4.78 is 0. The van der Waals surface area contributed by atoms with E-state index in [1.165, 1.54) is 0 Å². The number of ketones is 1. The lowest BCUT2D eigenvalue weighted by Crippen LogP contribution is -2.36. The highest BCUT2D eigenvalue weighted by Gasteiger charge is 2.39. The molecule has 3 heteroatoms. The molecule has 0 atom stereocenters. The van der Waals surface area contributed by atoms with Gasteiger partial charge >= 0.3 is 0 Å². The fourth-order valence-electron chi connectivity index (χ4n) is 2.48. The number of rotatable bonds is 3. The molecule has 0 heterocycles. The predicted molar refractivity (Wildman–Crippen MR) is 65.7 cm³/mol. The predicted octanol–water partition coefficient (Wildman–Crippen LogP) is 3.04. The molecule has 1 fully saturated rings. The molecule has 1 saturated carbocycles. The summed E-state index contributed by atoms with van der Waals surface area (Å²) in [6.45, 7) is 0.453. The number of nitrogens with two attached hydrogens (primary N) is 1. The van der Waals surface area contributed by atoms with E-state index in [0.29, 0.717) is 11.6 Å². The first-order valence-electron chi connectivity index (χ1n) is 5.68. The molecule has 0 aliphatic heterocycles. The van der Waals surface area contributed by atoms with Crippen LogP contribution in [0.25, 0.3) is 0 Å². The highest BCUT2D eigenvalue weighted by molar-refractivity contribution is 6.30. The molecule has 2 N–H and O–H groups in total. The SMILES string of the molecule is NCC1(C(=O)c2ccc(Cl)cc2)CCCC1. The maximum Gasteiger partial charge on any atom is 0.170 e. The monoisotopic (exact) mass is 237 g/mol. The molecule has 0 unspecified atom stereocenters. The molecule has 0 aromatic heterocycles. The first-order valence-corrected chi connectivity index (χ1v) is 6.06. The second kappa shape index (κ2) is 4.56. The van der Waals surface area contributed by atoms with Gasteiger partial charge in [0.2, 0.25) is 0 Å². The summed E-state index contributed by atoms with van der Waals surface area (Å²) in [6, 6.07) is 7.10. The molecule has 1 aliphatic rings. The summed E-state index contributed by atoms with van der Waals surface area (Å²) in [5.41, 5.74) is 6.21. The maximum absolute atomic E-state index is 12.4. The van der Waals surface area contributed by atoms with Crippen LogP contribution in [0.15, 0.2) is 24.3 Å².